The van der Waals surface area contributed by atoms with Gasteiger partial charge in [0.05, 0.1) is 9.82 Å². The van der Waals surface area contributed by atoms with Gasteiger partial charge in [0.1, 0.15) is 0 Å². The van der Waals surface area contributed by atoms with Crippen LogP contribution >= 0.6 is 0 Å². The molecule has 1 aromatic carbocycles. The molecule has 8 heteroatoms. The molecule has 7 nitrogen and oxygen atoms in total. The minimum absolute atomic E-state index is 0.00388. The number of hydrogen-bond acceptors (Lipinski definition) is 5. The van der Waals surface area contributed by atoms with Crippen molar-refractivity contribution in [2.45, 2.75) is 43.5 Å². The fourth-order valence-corrected chi connectivity index (χ4v) is 4.54. The molecule has 1 saturated carbocycles. The summed E-state index contributed by atoms with van der Waals surface area (Å²) < 4.78 is 26.9. The number of benzene rings is 1. The van der Waals surface area contributed by atoms with E-state index in [1.54, 1.807) is 6.92 Å². The summed E-state index contributed by atoms with van der Waals surface area (Å²) in [6.07, 6.45) is 4.15. The molecule has 2 aliphatic rings. The minimum Gasteiger partial charge on any atom is -0.314 e. The first-order valence-electron chi connectivity index (χ1n) is 8.36. The number of nitro groups is 1. The number of nitro benzene ring substituents is 1. The number of nitrogens with zero attached hydrogens (tertiary/aromatic N) is 2. The van der Waals surface area contributed by atoms with Gasteiger partial charge in [0.2, 0.25) is 10.0 Å². The fraction of sp³-hybridized carbons (Fsp3) is 0.625. The molecule has 0 aromatic heterocycles. The van der Waals surface area contributed by atoms with Crippen molar-refractivity contribution in [1.29, 1.82) is 0 Å². The Morgan fingerprint density at radius 3 is 2.50 bits per heavy atom. The zero-order chi connectivity index (χ0) is 17.3. The second-order valence-electron chi connectivity index (χ2n) is 6.74. The third-order valence-electron chi connectivity index (χ3n) is 4.86. The number of piperidine rings is 1. The van der Waals surface area contributed by atoms with E-state index in [4.69, 9.17) is 0 Å². The van der Waals surface area contributed by atoms with Crippen LogP contribution in [0.4, 0.5) is 5.69 Å². The maximum Gasteiger partial charge on any atom is 0.273 e. The molecule has 1 aromatic rings. The van der Waals surface area contributed by atoms with E-state index in [1.165, 1.54) is 35.3 Å². The van der Waals surface area contributed by atoms with Crippen LogP contribution in [0.3, 0.4) is 0 Å². The second kappa shape index (κ2) is 6.78. The lowest BCUT2D eigenvalue weighted by atomic mass is 10.1. The number of hydrogen-bond donors (Lipinski definition) is 1. The summed E-state index contributed by atoms with van der Waals surface area (Å²) in [5, 5.41) is 14.6. The SMILES string of the molecule is Cc1ccc(S(=O)(=O)N2CCC(NCC3CC3)CC2)cc1[N+](=O)[O-]. The topological polar surface area (TPSA) is 92.6 Å². The average Bonchev–Trinajstić information content (AvgIpc) is 3.37. The Labute approximate surface area is 142 Å². The van der Waals surface area contributed by atoms with E-state index >= 15 is 0 Å². The highest BCUT2D eigenvalue weighted by molar-refractivity contribution is 7.89. The molecule has 132 valence electrons. The van der Waals surface area contributed by atoms with Crippen molar-refractivity contribution in [3.63, 3.8) is 0 Å². The number of nitrogens with one attached hydrogen (secondary N) is 1. The van der Waals surface area contributed by atoms with Crippen molar-refractivity contribution in [3.05, 3.63) is 33.9 Å². The van der Waals surface area contributed by atoms with Gasteiger partial charge in [0.15, 0.2) is 0 Å². The van der Waals surface area contributed by atoms with E-state index in [-0.39, 0.29) is 10.6 Å². The quantitative estimate of drug-likeness (QED) is 0.624. The molecule has 1 heterocycles. The van der Waals surface area contributed by atoms with E-state index in [0.29, 0.717) is 24.7 Å². The van der Waals surface area contributed by atoms with Gasteiger partial charge in [0.25, 0.3) is 5.69 Å². The number of aryl methyl sites for hydroxylation is 1. The first-order valence-corrected chi connectivity index (χ1v) is 9.80. The minimum atomic E-state index is -3.68. The molecule has 3 rings (SSSR count). The summed E-state index contributed by atoms with van der Waals surface area (Å²) in [5.41, 5.74) is 0.305. The summed E-state index contributed by atoms with van der Waals surface area (Å²) in [4.78, 5) is 10.5. The van der Waals surface area contributed by atoms with Crippen molar-refractivity contribution in [1.82, 2.24) is 9.62 Å². The molecule has 2 fully saturated rings. The zero-order valence-electron chi connectivity index (χ0n) is 13.8. The van der Waals surface area contributed by atoms with Crippen LogP contribution < -0.4 is 5.32 Å². The van der Waals surface area contributed by atoms with E-state index in [1.807, 2.05) is 0 Å². The van der Waals surface area contributed by atoms with Gasteiger partial charge >= 0.3 is 0 Å². The maximum atomic E-state index is 12.7. The van der Waals surface area contributed by atoms with Crippen LogP contribution in [0.2, 0.25) is 0 Å². The highest BCUT2D eigenvalue weighted by Crippen LogP contribution is 2.29. The number of rotatable bonds is 6. The Morgan fingerprint density at radius 2 is 1.92 bits per heavy atom. The standard InChI is InChI=1S/C16H23N3O4S/c1-12-2-5-15(10-16(12)19(20)21)24(22,23)18-8-6-14(7-9-18)17-11-13-3-4-13/h2,5,10,13-14,17H,3-4,6-9,11H2,1H3. The molecule has 1 saturated heterocycles. The van der Waals surface area contributed by atoms with Crippen LogP contribution in [0.25, 0.3) is 0 Å². The molecule has 24 heavy (non-hydrogen) atoms. The van der Waals surface area contributed by atoms with Crippen LogP contribution in [-0.4, -0.2) is 43.3 Å². The van der Waals surface area contributed by atoms with E-state index < -0.39 is 14.9 Å². The predicted molar refractivity (Wildman–Crippen MR) is 90.3 cm³/mol. The van der Waals surface area contributed by atoms with Gasteiger partial charge in [-0.3, -0.25) is 10.1 Å². The average molecular weight is 353 g/mol. The second-order valence-corrected chi connectivity index (χ2v) is 8.67. The zero-order valence-corrected chi connectivity index (χ0v) is 14.6. The van der Waals surface area contributed by atoms with Crippen LogP contribution in [0, 0.1) is 23.0 Å². The van der Waals surface area contributed by atoms with Gasteiger partial charge in [-0.1, -0.05) is 6.07 Å². The molecule has 0 bridgehead atoms. The maximum absolute atomic E-state index is 12.7. The van der Waals surface area contributed by atoms with Crippen LogP contribution in [0.5, 0.6) is 0 Å². The lowest BCUT2D eigenvalue weighted by Crippen LogP contribution is -2.45. The van der Waals surface area contributed by atoms with Crippen LogP contribution in [0.1, 0.15) is 31.2 Å². The van der Waals surface area contributed by atoms with E-state index in [0.717, 1.165) is 25.3 Å². The highest BCUT2D eigenvalue weighted by Gasteiger charge is 2.31. The summed E-state index contributed by atoms with van der Waals surface area (Å²) in [5.74, 6) is 0.805. The Kier molecular flexibility index (Phi) is 4.89. The molecule has 0 unspecified atom stereocenters. The van der Waals surface area contributed by atoms with Crippen molar-refractivity contribution in [2.75, 3.05) is 19.6 Å². The lowest BCUT2D eigenvalue weighted by Gasteiger charge is -2.31. The summed E-state index contributed by atoms with van der Waals surface area (Å²) in [6.45, 7) is 3.53. The lowest BCUT2D eigenvalue weighted by molar-refractivity contribution is -0.385. The first kappa shape index (κ1) is 17.3. The Hall–Kier alpha value is -1.51. The third kappa shape index (κ3) is 3.76. The monoisotopic (exact) mass is 353 g/mol. The van der Waals surface area contributed by atoms with Crippen molar-refractivity contribution in [2.24, 2.45) is 5.92 Å². The summed E-state index contributed by atoms with van der Waals surface area (Å²) in [6, 6.07) is 4.48. The Morgan fingerprint density at radius 1 is 1.25 bits per heavy atom. The molecular weight excluding hydrogens is 330 g/mol. The largest absolute Gasteiger partial charge is 0.314 e. The predicted octanol–water partition coefficient (Wildman–Crippen LogP) is 2.06. The molecule has 1 aliphatic carbocycles. The first-order chi connectivity index (χ1) is 11.4. The molecule has 1 N–H and O–H groups in total. The Balaban J connectivity index is 1.67. The third-order valence-corrected chi connectivity index (χ3v) is 6.76. The highest BCUT2D eigenvalue weighted by atomic mass is 32.2. The Bertz CT molecular complexity index is 723. The summed E-state index contributed by atoms with van der Waals surface area (Å²) in [7, 11) is -3.68. The smallest absolute Gasteiger partial charge is 0.273 e. The van der Waals surface area contributed by atoms with Crippen molar-refractivity contribution in [3.8, 4) is 0 Å². The molecule has 0 spiro atoms. The summed E-state index contributed by atoms with van der Waals surface area (Å²) >= 11 is 0. The van der Waals surface area contributed by atoms with E-state index in [2.05, 4.69) is 5.32 Å². The molecule has 0 atom stereocenters. The van der Waals surface area contributed by atoms with E-state index in [9.17, 15) is 18.5 Å². The molecule has 0 radical (unpaired) electrons. The number of sulfonamides is 1. The van der Waals surface area contributed by atoms with Gasteiger partial charge in [-0.2, -0.15) is 4.31 Å². The molecule has 0 amide bonds. The van der Waals surface area contributed by atoms with Gasteiger partial charge in [-0.05, 0) is 51.1 Å². The van der Waals surface area contributed by atoms with Crippen molar-refractivity contribution < 1.29 is 13.3 Å². The van der Waals surface area contributed by atoms with Crippen LogP contribution in [-0.2, 0) is 10.0 Å². The van der Waals surface area contributed by atoms with Gasteiger partial charge in [0, 0.05) is 30.8 Å². The molecule has 1 aliphatic heterocycles. The van der Waals surface area contributed by atoms with Gasteiger partial charge in [-0.15, -0.1) is 0 Å². The van der Waals surface area contributed by atoms with Gasteiger partial charge < -0.3 is 5.32 Å². The fourth-order valence-electron chi connectivity index (χ4n) is 3.05. The normalized spacial score (nSPS) is 20.2. The van der Waals surface area contributed by atoms with Crippen molar-refractivity contribution >= 4 is 15.7 Å². The molecular formula is C16H23N3O4S. The van der Waals surface area contributed by atoms with Crippen LogP contribution in [0.15, 0.2) is 23.1 Å². The van der Waals surface area contributed by atoms with Gasteiger partial charge in [-0.25, -0.2) is 8.42 Å².